The molecule has 2 aromatic rings. The number of hydrogen-bond donors (Lipinski definition) is 2. The third kappa shape index (κ3) is 6.98. The lowest BCUT2D eigenvalue weighted by atomic mass is 10.1. The molecule has 1 aliphatic rings. The second-order valence-corrected chi connectivity index (χ2v) is 6.93. The van der Waals surface area contributed by atoms with Crippen molar-refractivity contribution in [2.75, 3.05) is 27.2 Å². The van der Waals surface area contributed by atoms with Gasteiger partial charge in [-0.15, -0.1) is 24.0 Å². The van der Waals surface area contributed by atoms with E-state index in [2.05, 4.69) is 50.9 Å². The van der Waals surface area contributed by atoms with Crippen LogP contribution in [0.25, 0.3) is 0 Å². The Morgan fingerprint density at radius 1 is 0.964 bits per heavy atom. The Bertz CT molecular complexity index is 742. The number of ether oxygens (including phenoxy) is 1. The summed E-state index contributed by atoms with van der Waals surface area (Å²) in [6, 6.07) is 16.9. The number of guanidine groups is 1. The quantitative estimate of drug-likeness (QED) is 0.350. The van der Waals surface area contributed by atoms with Crippen LogP contribution in [0.5, 0.6) is 5.75 Å². The highest BCUT2D eigenvalue weighted by Gasteiger charge is 2.11. The zero-order chi connectivity index (χ0) is 18.9. The van der Waals surface area contributed by atoms with Gasteiger partial charge in [0.2, 0.25) is 0 Å². The molecular formula is C22H31IN4O. The summed E-state index contributed by atoms with van der Waals surface area (Å²) in [5.41, 5.74) is 3.80. The zero-order valence-electron chi connectivity index (χ0n) is 16.8. The van der Waals surface area contributed by atoms with Gasteiger partial charge in [0, 0.05) is 26.7 Å². The molecule has 5 nitrogen and oxygen atoms in total. The van der Waals surface area contributed by atoms with Crippen LogP contribution in [0.15, 0.2) is 53.5 Å². The van der Waals surface area contributed by atoms with Crippen molar-refractivity contribution < 1.29 is 4.74 Å². The lowest BCUT2D eigenvalue weighted by Crippen LogP contribution is -2.36. The van der Waals surface area contributed by atoms with Gasteiger partial charge < -0.3 is 15.4 Å². The van der Waals surface area contributed by atoms with Crippen molar-refractivity contribution in [2.45, 2.75) is 32.5 Å². The minimum absolute atomic E-state index is 0. The van der Waals surface area contributed by atoms with E-state index < -0.39 is 0 Å². The largest absolute Gasteiger partial charge is 0.497 e. The van der Waals surface area contributed by atoms with Gasteiger partial charge in [-0.25, -0.2) is 0 Å². The predicted octanol–water partition coefficient (Wildman–Crippen LogP) is 3.77. The van der Waals surface area contributed by atoms with Crippen molar-refractivity contribution in [1.82, 2.24) is 15.5 Å². The van der Waals surface area contributed by atoms with Gasteiger partial charge in [-0.05, 0) is 54.8 Å². The highest BCUT2D eigenvalue weighted by atomic mass is 127. The molecule has 152 valence electrons. The van der Waals surface area contributed by atoms with Gasteiger partial charge in [-0.2, -0.15) is 0 Å². The van der Waals surface area contributed by atoms with Crippen molar-refractivity contribution >= 4 is 29.9 Å². The number of nitrogens with zero attached hydrogens (tertiary/aromatic N) is 2. The molecule has 2 N–H and O–H groups in total. The molecule has 28 heavy (non-hydrogen) atoms. The number of methoxy groups -OCH3 is 1. The monoisotopic (exact) mass is 494 g/mol. The minimum atomic E-state index is 0. The van der Waals surface area contributed by atoms with Crippen LogP contribution in [0, 0.1) is 0 Å². The summed E-state index contributed by atoms with van der Waals surface area (Å²) in [6.45, 7) is 4.99. The van der Waals surface area contributed by atoms with E-state index in [1.165, 1.54) is 37.1 Å². The fourth-order valence-corrected chi connectivity index (χ4v) is 3.34. The number of rotatable bonds is 7. The number of halogens is 1. The van der Waals surface area contributed by atoms with Gasteiger partial charge in [-0.1, -0.05) is 36.4 Å². The van der Waals surface area contributed by atoms with E-state index in [0.29, 0.717) is 6.54 Å². The second-order valence-electron chi connectivity index (χ2n) is 6.93. The van der Waals surface area contributed by atoms with E-state index in [0.717, 1.165) is 30.4 Å². The van der Waals surface area contributed by atoms with Crippen molar-refractivity contribution in [3.63, 3.8) is 0 Å². The van der Waals surface area contributed by atoms with E-state index in [1.54, 1.807) is 14.2 Å². The molecule has 0 saturated carbocycles. The smallest absolute Gasteiger partial charge is 0.191 e. The van der Waals surface area contributed by atoms with E-state index in [1.807, 2.05) is 18.2 Å². The van der Waals surface area contributed by atoms with Gasteiger partial charge in [-0.3, -0.25) is 9.89 Å². The molecule has 0 spiro atoms. The highest BCUT2D eigenvalue weighted by molar-refractivity contribution is 14.0. The van der Waals surface area contributed by atoms with E-state index in [4.69, 9.17) is 4.74 Å². The molecule has 1 heterocycles. The molecule has 1 saturated heterocycles. The van der Waals surface area contributed by atoms with Gasteiger partial charge in [0.1, 0.15) is 5.75 Å². The normalized spacial score (nSPS) is 14.4. The summed E-state index contributed by atoms with van der Waals surface area (Å²) in [4.78, 5) is 6.83. The Morgan fingerprint density at radius 2 is 1.61 bits per heavy atom. The number of hydrogen-bond acceptors (Lipinski definition) is 3. The average molecular weight is 494 g/mol. The molecule has 0 atom stereocenters. The molecule has 6 heteroatoms. The first-order chi connectivity index (χ1) is 13.3. The average Bonchev–Trinajstić information content (AvgIpc) is 3.22. The first kappa shape index (κ1) is 22.5. The van der Waals surface area contributed by atoms with Gasteiger partial charge in [0.05, 0.1) is 7.11 Å². The highest BCUT2D eigenvalue weighted by Crippen LogP contribution is 2.14. The third-order valence-electron chi connectivity index (χ3n) is 4.91. The summed E-state index contributed by atoms with van der Waals surface area (Å²) in [6.07, 6.45) is 2.67. The molecule has 0 bridgehead atoms. The van der Waals surface area contributed by atoms with Crippen LogP contribution in [0.4, 0.5) is 0 Å². The Morgan fingerprint density at radius 3 is 2.25 bits per heavy atom. The van der Waals surface area contributed by atoms with Crippen molar-refractivity contribution in [2.24, 2.45) is 4.99 Å². The standard InChI is InChI=1S/C22H30N4O.HI/c1-23-22(25-16-20-6-5-7-21(14-20)27-2)24-15-18-8-10-19(11-9-18)17-26-12-3-4-13-26;/h5-11,14H,3-4,12-13,15-17H2,1-2H3,(H2,23,24,25);1H. The Hall–Kier alpha value is -1.80. The number of likely N-dealkylation sites (tertiary alicyclic amines) is 1. The van der Waals surface area contributed by atoms with Gasteiger partial charge >= 0.3 is 0 Å². The molecule has 0 aromatic heterocycles. The maximum Gasteiger partial charge on any atom is 0.191 e. The van der Waals surface area contributed by atoms with E-state index in [9.17, 15) is 0 Å². The second kappa shape index (κ2) is 11.9. The van der Waals surface area contributed by atoms with E-state index >= 15 is 0 Å². The summed E-state index contributed by atoms with van der Waals surface area (Å²) in [5, 5.41) is 6.72. The van der Waals surface area contributed by atoms with Crippen LogP contribution < -0.4 is 15.4 Å². The van der Waals surface area contributed by atoms with Crippen LogP contribution in [-0.2, 0) is 19.6 Å². The molecule has 2 aromatic carbocycles. The molecular weight excluding hydrogens is 463 g/mol. The van der Waals surface area contributed by atoms with Crippen LogP contribution >= 0.6 is 24.0 Å². The molecule has 3 rings (SSSR count). The summed E-state index contributed by atoms with van der Waals surface area (Å²) in [5.74, 6) is 1.66. The van der Waals surface area contributed by atoms with E-state index in [-0.39, 0.29) is 24.0 Å². The first-order valence-corrected chi connectivity index (χ1v) is 9.64. The first-order valence-electron chi connectivity index (χ1n) is 9.64. The van der Waals surface area contributed by atoms with Crippen LogP contribution in [0.3, 0.4) is 0 Å². The maximum atomic E-state index is 5.27. The van der Waals surface area contributed by atoms with Crippen molar-refractivity contribution in [3.05, 3.63) is 65.2 Å². The Kier molecular flexibility index (Phi) is 9.57. The predicted molar refractivity (Wildman–Crippen MR) is 126 cm³/mol. The summed E-state index contributed by atoms with van der Waals surface area (Å²) >= 11 is 0. The topological polar surface area (TPSA) is 48.9 Å². The SMILES string of the molecule is CN=C(NCc1ccc(CN2CCCC2)cc1)NCc1cccc(OC)c1.I. The van der Waals surface area contributed by atoms with Crippen LogP contribution in [0.1, 0.15) is 29.5 Å². The summed E-state index contributed by atoms with van der Waals surface area (Å²) in [7, 11) is 3.48. The fourth-order valence-electron chi connectivity index (χ4n) is 3.34. The minimum Gasteiger partial charge on any atom is -0.497 e. The summed E-state index contributed by atoms with van der Waals surface area (Å²) < 4.78 is 5.27. The zero-order valence-corrected chi connectivity index (χ0v) is 19.1. The number of benzene rings is 2. The van der Waals surface area contributed by atoms with Crippen molar-refractivity contribution in [1.29, 1.82) is 0 Å². The molecule has 0 radical (unpaired) electrons. The molecule has 0 unspecified atom stereocenters. The number of aliphatic imine (C=N–C) groups is 1. The Balaban J connectivity index is 0.00000280. The fraction of sp³-hybridized carbons (Fsp3) is 0.409. The number of nitrogens with one attached hydrogen (secondary N) is 2. The van der Waals surface area contributed by atoms with Crippen LogP contribution in [-0.4, -0.2) is 38.1 Å². The molecule has 0 amide bonds. The van der Waals surface area contributed by atoms with Gasteiger partial charge in [0.25, 0.3) is 0 Å². The molecule has 1 fully saturated rings. The van der Waals surface area contributed by atoms with Crippen LogP contribution in [0.2, 0.25) is 0 Å². The molecule has 0 aliphatic carbocycles. The third-order valence-corrected chi connectivity index (χ3v) is 4.91. The maximum absolute atomic E-state index is 5.27. The molecule has 1 aliphatic heterocycles. The lowest BCUT2D eigenvalue weighted by molar-refractivity contribution is 0.331. The Labute approximate surface area is 185 Å². The van der Waals surface area contributed by atoms with Crippen molar-refractivity contribution in [3.8, 4) is 5.75 Å². The van der Waals surface area contributed by atoms with Gasteiger partial charge in [0.15, 0.2) is 5.96 Å². The lowest BCUT2D eigenvalue weighted by Gasteiger charge is -2.15.